The summed E-state index contributed by atoms with van der Waals surface area (Å²) >= 11 is 0. The van der Waals surface area contributed by atoms with Gasteiger partial charge >= 0.3 is 0 Å². The van der Waals surface area contributed by atoms with Crippen molar-refractivity contribution in [2.45, 2.75) is 25.6 Å². The van der Waals surface area contributed by atoms with Crippen LogP contribution in [0.15, 0.2) is 59.6 Å². The smallest absolute Gasteiger partial charge is 0.251 e. The van der Waals surface area contributed by atoms with Gasteiger partial charge in [0.25, 0.3) is 5.91 Å². The minimum atomic E-state index is -0.0531. The lowest BCUT2D eigenvalue weighted by Gasteiger charge is -2.36. The minimum absolute atomic E-state index is 0. The van der Waals surface area contributed by atoms with Crippen molar-refractivity contribution in [3.63, 3.8) is 0 Å². The quantitative estimate of drug-likeness (QED) is 0.245. The number of ether oxygens (including phenoxy) is 1. The molecule has 178 valence electrons. The normalized spacial score (nSPS) is 20.7. The summed E-state index contributed by atoms with van der Waals surface area (Å²) in [6.07, 6.45) is 0.187. The summed E-state index contributed by atoms with van der Waals surface area (Å²) in [5, 5.41) is 6.36. The molecule has 33 heavy (non-hydrogen) atoms. The van der Waals surface area contributed by atoms with Gasteiger partial charge in [0.2, 0.25) is 0 Å². The van der Waals surface area contributed by atoms with Gasteiger partial charge in [0.1, 0.15) is 0 Å². The lowest BCUT2D eigenvalue weighted by atomic mass is 10.1. The number of aryl methyl sites for hydroxylation is 1. The Kier molecular flexibility index (Phi) is 9.52. The third-order valence-electron chi connectivity index (χ3n) is 6.13. The van der Waals surface area contributed by atoms with E-state index < -0.39 is 0 Å². The first-order chi connectivity index (χ1) is 15.6. The largest absolute Gasteiger partial charge is 0.373 e. The molecule has 1 amide bonds. The topological polar surface area (TPSA) is 69.2 Å². The van der Waals surface area contributed by atoms with E-state index in [9.17, 15) is 4.79 Å². The first kappa shape index (κ1) is 25.5. The molecule has 2 fully saturated rings. The Labute approximate surface area is 213 Å². The molecule has 2 N–H and O–H groups in total. The molecule has 0 radical (unpaired) electrons. The third kappa shape index (κ3) is 6.68. The second-order valence-electron chi connectivity index (χ2n) is 8.44. The number of halogens is 1. The summed E-state index contributed by atoms with van der Waals surface area (Å²) < 4.78 is 6.09. The van der Waals surface area contributed by atoms with E-state index in [0.29, 0.717) is 24.7 Å². The molecule has 0 saturated carbocycles. The molecule has 2 aromatic rings. The summed E-state index contributed by atoms with van der Waals surface area (Å²) in [4.78, 5) is 21.6. The van der Waals surface area contributed by atoms with Crippen LogP contribution in [0.3, 0.4) is 0 Å². The molecule has 2 atom stereocenters. The Hall–Kier alpha value is -2.17. The number of aliphatic imine (C=N–C) groups is 1. The molecule has 2 unspecified atom stereocenters. The fourth-order valence-electron chi connectivity index (χ4n) is 4.52. The summed E-state index contributed by atoms with van der Waals surface area (Å²) in [6.45, 7) is 7.49. The van der Waals surface area contributed by atoms with E-state index in [1.54, 1.807) is 7.05 Å². The van der Waals surface area contributed by atoms with Crippen molar-refractivity contribution in [1.29, 1.82) is 0 Å². The molecule has 0 aromatic heterocycles. The van der Waals surface area contributed by atoms with Crippen LogP contribution in [0.4, 0.5) is 0 Å². The summed E-state index contributed by atoms with van der Waals surface area (Å²) in [5.41, 5.74) is 3.10. The molecule has 7 nitrogen and oxygen atoms in total. The monoisotopic (exact) mass is 563 g/mol. The fourth-order valence-corrected chi connectivity index (χ4v) is 4.52. The number of nitrogens with zero attached hydrogens (tertiary/aromatic N) is 3. The van der Waals surface area contributed by atoms with E-state index in [1.165, 1.54) is 5.56 Å². The van der Waals surface area contributed by atoms with Crippen LogP contribution in [0.2, 0.25) is 0 Å². The number of hydrogen-bond donors (Lipinski definition) is 2. The van der Waals surface area contributed by atoms with Crippen LogP contribution in [-0.4, -0.2) is 80.2 Å². The van der Waals surface area contributed by atoms with Crippen LogP contribution in [0.5, 0.6) is 0 Å². The predicted molar refractivity (Wildman–Crippen MR) is 142 cm³/mol. The number of nitrogens with one attached hydrogen (secondary N) is 2. The Balaban J connectivity index is 0.00000306. The summed E-state index contributed by atoms with van der Waals surface area (Å²) in [7, 11) is 1.80. The molecule has 2 aliphatic heterocycles. The SMILES string of the molecule is CN=C(NCCNC(=O)c1cccc(C)c1)N1CC2OCCN(Cc3ccccc3)C2C1.I. The highest BCUT2D eigenvalue weighted by atomic mass is 127. The minimum Gasteiger partial charge on any atom is -0.373 e. The number of benzene rings is 2. The van der Waals surface area contributed by atoms with Crippen LogP contribution < -0.4 is 10.6 Å². The van der Waals surface area contributed by atoms with Crippen LogP contribution in [-0.2, 0) is 11.3 Å². The van der Waals surface area contributed by atoms with Crippen molar-refractivity contribution in [3.8, 4) is 0 Å². The second kappa shape index (κ2) is 12.3. The molecule has 0 spiro atoms. The number of carbonyl (C=O) groups excluding carboxylic acids is 1. The van der Waals surface area contributed by atoms with Gasteiger partial charge in [-0.15, -0.1) is 24.0 Å². The summed E-state index contributed by atoms with van der Waals surface area (Å²) in [5.74, 6) is 0.801. The summed E-state index contributed by atoms with van der Waals surface area (Å²) in [6, 6.07) is 18.6. The molecular formula is C25H34IN5O2. The molecule has 2 saturated heterocycles. The number of amides is 1. The fraction of sp³-hybridized carbons (Fsp3) is 0.440. The number of carbonyl (C=O) groups is 1. The van der Waals surface area contributed by atoms with E-state index >= 15 is 0 Å². The Bertz CT molecular complexity index is 939. The number of guanidine groups is 1. The van der Waals surface area contributed by atoms with Crippen LogP contribution >= 0.6 is 24.0 Å². The number of hydrogen-bond acceptors (Lipinski definition) is 4. The Morgan fingerprint density at radius 1 is 1.09 bits per heavy atom. The molecule has 2 heterocycles. The molecule has 0 bridgehead atoms. The van der Waals surface area contributed by atoms with E-state index in [2.05, 4.69) is 55.8 Å². The van der Waals surface area contributed by atoms with Gasteiger partial charge < -0.3 is 20.3 Å². The highest BCUT2D eigenvalue weighted by Crippen LogP contribution is 2.24. The molecule has 0 aliphatic carbocycles. The van der Waals surface area contributed by atoms with E-state index in [-0.39, 0.29) is 36.0 Å². The zero-order valence-electron chi connectivity index (χ0n) is 19.4. The van der Waals surface area contributed by atoms with Gasteiger partial charge in [-0.3, -0.25) is 14.7 Å². The number of rotatable bonds is 6. The number of likely N-dealkylation sites (tertiary alicyclic amines) is 1. The van der Waals surface area contributed by atoms with Gasteiger partial charge in [0, 0.05) is 51.9 Å². The average molecular weight is 563 g/mol. The molecule has 4 rings (SSSR count). The van der Waals surface area contributed by atoms with Gasteiger partial charge in [-0.2, -0.15) is 0 Å². The van der Waals surface area contributed by atoms with Crippen molar-refractivity contribution >= 4 is 35.8 Å². The molecule has 2 aromatic carbocycles. The zero-order chi connectivity index (χ0) is 22.3. The maximum absolute atomic E-state index is 12.3. The van der Waals surface area contributed by atoms with Crippen molar-refractivity contribution < 1.29 is 9.53 Å². The number of fused-ring (bicyclic) bond motifs is 1. The van der Waals surface area contributed by atoms with Gasteiger partial charge in [-0.05, 0) is 24.6 Å². The Morgan fingerprint density at radius 2 is 1.88 bits per heavy atom. The van der Waals surface area contributed by atoms with E-state index in [0.717, 1.165) is 44.3 Å². The average Bonchev–Trinajstić information content (AvgIpc) is 3.25. The van der Waals surface area contributed by atoms with Crippen LogP contribution in [0, 0.1) is 6.92 Å². The Morgan fingerprint density at radius 3 is 2.64 bits per heavy atom. The zero-order valence-corrected chi connectivity index (χ0v) is 21.7. The molecular weight excluding hydrogens is 529 g/mol. The standard InChI is InChI=1S/C25H33N5O2.HI/c1-19-7-6-10-21(15-19)24(31)27-11-12-28-25(26-2)30-17-22-23(18-30)32-14-13-29(22)16-20-8-4-3-5-9-20;/h3-10,15,22-23H,11-14,16-18H2,1-2H3,(H,26,28)(H,27,31);1H. The van der Waals surface area contributed by atoms with Crippen molar-refractivity contribution in [3.05, 3.63) is 71.3 Å². The number of morpholine rings is 1. The van der Waals surface area contributed by atoms with Crippen LogP contribution in [0.1, 0.15) is 21.5 Å². The third-order valence-corrected chi connectivity index (χ3v) is 6.13. The van der Waals surface area contributed by atoms with Gasteiger partial charge in [0.15, 0.2) is 5.96 Å². The highest BCUT2D eigenvalue weighted by Gasteiger charge is 2.41. The lowest BCUT2D eigenvalue weighted by molar-refractivity contribution is -0.0502. The maximum atomic E-state index is 12.3. The van der Waals surface area contributed by atoms with Gasteiger partial charge in [-0.25, -0.2) is 0 Å². The van der Waals surface area contributed by atoms with Crippen molar-refractivity contribution in [2.24, 2.45) is 4.99 Å². The maximum Gasteiger partial charge on any atom is 0.251 e. The van der Waals surface area contributed by atoms with Crippen molar-refractivity contribution in [1.82, 2.24) is 20.4 Å². The first-order valence-corrected chi connectivity index (χ1v) is 11.3. The second-order valence-corrected chi connectivity index (χ2v) is 8.44. The van der Waals surface area contributed by atoms with Crippen molar-refractivity contribution in [2.75, 3.05) is 46.4 Å². The predicted octanol–water partition coefficient (Wildman–Crippen LogP) is 2.50. The van der Waals surface area contributed by atoms with Crippen LogP contribution in [0.25, 0.3) is 0 Å². The van der Waals surface area contributed by atoms with E-state index in [4.69, 9.17) is 4.74 Å². The highest BCUT2D eigenvalue weighted by molar-refractivity contribution is 14.0. The van der Waals surface area contributed by atoms with Gasteiger partial charge in [-0.1, -0.05) is 48.0 Å². The van der Waals surface area contributed by atoms with Gasteiger partial charge in [0.05, 0.1) is 18.8 Å². The lowest BCUT2D eigenvalue weighted by Crippen LogP contribution is -2.50. The molecule has 8 heteroatoms. The molecule has 2 aliphatic rings. The first-order valence-electron chi connectivity index (χ1n) is 11.3. The van der Waals surface area contributed by atoms with E-state index in [1.807, 2.05) is 31.2 Å².